The summed E-state index contributed by atoms with van der Waals surface area (Å²) in [5.74, 6) is -93.2. The van der Waals surface area contributed by atoms with Gasteiger partial charge in [-0.1, -0.05) is 6.58 Å². The Hall–Kier alpha value is -2.47. The van der Waals surface area contributed by atoms with Crippen molar-refractivity contribution in [3.63, 3.8) is 0 Å². The van der Waals surface area contributed by atoms with Crippen LogP contribution in [0, 0.1) is 0 Å². The van der Waals surface area contributed by atoms with Gasteiger partial charge in [-0.05, 0) is 6.92 Å². The average molecular weight is 686 g/mol. The largest absolute Gasteiger partial charge is 0.460 e. The summed E-state index contributed by atoms with van der Waals surface area (Å²) in [5, 5.41) is 0. The summed E-state index contributed by atoms with van der Waals surface area (Å²) in [7, 11) is 0. The predicted octanol–water partition coefficient (Wildman–Crippen LogP) is 8.32. The maximum absolute atomic E-state index is 13.7. The van der Waals surface area contributed by atoms with Crippen molar-refractivity contribution in [2.75, 3.05) is 0 Å². The number of esters is 1. The fourth-order valence-electron chi connectivity index (χ4n) is 2.18. The molecule has 0 aromatic heterocycles. The Morgan fingerprint density at radius 3 is 0.905 bits per heavy atom. The lowest BCUT2D eigenvalue weighted by Gasteiger charge is -2.45. The van der Waals surface area contributed by atoms with Gasteiger partial charge >= 0.3 is 77.7 Å². The summed E-state index contributed by atoms with van der Waals surface area (Å²) in [6.45, 7) is 2.84. The first kappa shape index (κ1) is 39.5. The van der Waals surface area contributed by atoms with Crippen LogP contribution in [0.4, 0.5) is 105 Å². The first-order valence-corrected chi connectivity index (χ1v) is 9.10. The third kappa shape index (κ3) is 4.86. The molecule has 0 saturated heterocycles. The second-order valence-electron chi connectivity index (χ2n) is 7.79. The predicted molar refractivity (Wildman–Crippen MR) is 81.3 cm³/mol. The van der Waals surface area contributed by atoms with E-state index in [0.717, 1.165) is 0 Å². The standard InChI is InChI=1S/C16H6F24O2/c1-3(2)4(41)42-5(17)6(18,19)7(20,21)8(22,23)9(24,25)10(26,27)11(28,29)12(30,31)13(32,33)14(34,35)15(36,37)16(38,39)40/h5H,1H2,2H3. The van der Waals surface area contributed by atoms with Gasteiger partial charge in [0.1, 0.15) is 0 Å². The number of hydrogen-bond donors (Lipinski definition) is 0. The van der Waals surface area contributed by atoms with Crippen LogP contribution in [-0.2, 0) is 9.53 Å². The summed E-state index contributed by atoms with van der Waals surface area (Å²) in [6, 6.07) is 0. The minimum absolute atomic E-state index is 0.376. The van der Waals surface area contributed by atoms with Crippen molar-refractivity contribution in [1.82, 2.24) is 0 Å². The number of rotatable bonds is 12. The SMILES string of the molecule is C=C(C)C(=O)OC(F)C(F)(F)C(F)(F)C(F)(F)C(F)(F)C(F)(F)C(F)(F)C(F)(F)C(F)(F)C(F)(F)C(F)(F)C(F)(F)F. The van der Waals surface area contributed by atoms with Crippen molar-refractivity contribution in [3.05, 3.63) is 12.2 Å². The van der Waals surface area contributed by atoms with Crippen LogP contribution in [0.5, 0.6) is 0 Å². The molecule has 0 aliphatic heterocycles. The van der Waals surface area contributed by atoms with Gasteiger partial charge in [-0.15, -0.1) is 0 Å². The molecule has 0 aromatic carbocycles. The number of alkyl halides is 24. The molecule has 0 N–H and O–H groups in total. The number of hydrogen-bond acceptors (Lipinski definition) is 2. The Kier molecular flexibility index (Phi) is 9.45. The molecule has 0 aromatic rings. The van der Waals surface area contributed by atoms with E-state index in [1.165, 1.54) is 0 Å². The van der Waals surface area contributed by atoms with Crippen molar-refractivity contribution in [2.24, 2.45) is 0 Å². The van der Waals surface area contributed by atoms with Crippen LogP contribution < -0.4 is 0 Å². The Labute approximate surface area is 213 Å². The topological polar surface area (TPSA) is 26.3 Å². The minimum atomic E-state index is -9.56. The van der Waals surface area contributed by atoms with Crippen LogP contribution >= 0.6 is 0 Å². The molecule has 1 unspecified atom stereocenters. The van der Waals surface area contributed by atoms with E-state index in [4.69, 9.17) is 0 Å². The first-order chi connectivity index (χ1) is 17.7. The van der Waals surface area contributed by atoms with Crippen LogP contribution in [0.1, 0.15) is 6.92 Å². The fourth-order valence-corrected chi connectivity index (χ4v) is 2.18. The van der Waals surface area contributed by atoms with Crippen molar-refractivity contribution in [3.8, 4) is 0 Å². The van der Waals surface area contributed by atoms with Crippen LogP contribution in [0.2, 0.25) is 0 Å². The molecular formula is C16H6F24O2. The first-order valence-electron chi connectivity index (χ1n) is 9.10. The fraction of sp³-hybridized carbons (Fsp3) is 0.812. The Morgan fingerprint density at radius 2 is 0.690 bits per heavy atom. The molecule has 0 aliphatic rings. The van der Waals surface area contributed by atoms with E-state index in [1.807, 2.05) is 0 Å². The lowest BCUT2D eigenvalue weighted by atomic mass is 9.85. The average Bonchev–Trinajstić information content (AvgIpc) is 2.76. The smallest absolute Gasteiger partial charge is 0.421 e. The minimum Gasteiger partial charge on any atom is -0.421 e. The van der Waals surface area contributed by atoms with Gasteiger partial charge in [0, 0.05) is 5.57 Å². The number of halogens is 24. The lowest BCUT2D eigenvalue weighted by molar-refractivity contribution is -0.480. The van der Waals surface area contributed by atoms with Crippen LogP contribution in [0.25, 0.3) is 0 Å². The van der Waals surface area contributed by atoms with Gasteiger partial charge < -0.3 is 4.74 Å². The lowest BCUT2D eigenvalue weighted by Crippen LogP contribution is -2.78. The second-order valence-corrected chi connectivity index (χ2v) is 7.79. The molecule has 2 nitrogen and oxygen atoms in total. The molecule has 0 rings (SSSR count). The zero-order valence-corrected chi connectivity index (χ0v) is 18.7. The molecule has 0 fully saturated rings. The van der Waals surface area contributed by atoms with Crippen molar-refractivity contribution < 1.29 is 115 Å². The zero-order chi connectivity index (χ0) is 34.9. The maximum atomic E-state index is 13.7. The highest BCUT2D eigenvalue weighted by Crippen LogP contribution is 2.67. The van der Waals surface area contributed by atoms with E-state index < -0.39 is 83.3 Å². The van der Waals surface area contributed by atoms with Gasteiger partial charge in [-0.3, -0.25) is 0 Å². The molecule has 0 amide bonds. The molecular weight excluding hydrogens is 680 g/mol. The number of carbonyl (C=O) groups excluding carboxylic acids is 1. The van der Waals surface area contributed by atoms with Gasteiger partial charge in [0.2, 0.25) is 0 Å². The van der Waals surface area contributed by atoms with E-state index in [9.17, 15) is 110 Å². The van der Waals surface area contributed by atoms with E-state index in [1.54, 1.807) is 0 Å². The quantitative estimate of drug-likeness (QED) is 0.117. The highest BCUT2D eigenvalue weighted by molar-refractivity contribution is 5.87. The third-order valence-electron chi connectivity index (χ3n) is 4.77. The zero-order valence-electron chi connectivity index (χ0n) is 18.7. The van der Waals surface area contributed by atoms with Crippen LogP contribution in [-0.4, -0.2) is 77.7 Å². The number of carbonyl (C=O) groups is 1. The van der Waals surface area contributed by atoms with Gasteiger partial charge in [-0.25, -0.2) is 4.79 Å². The molecule has 0 saturated carbocycles. The van der Waals surface area contributed by atoms with E-state index >= 15 is 0 Å². The van der Waals surface area contributed by atoms with Gasteiger partial charge in [0.15, 0.2) is 0 Å². The van der Waals surface area contributed by atoms with E-state index in [-0.39, 0.29) is 0 Å². The normalized spacial score (nSPS) is 16.8. The maximum Gasteiger partial charge on any atom is 0.460 e. The molecule has 0 bridgehead atoms. The summed E-state index contributed by atoms with van der Waals surface area (Å²) in [6.07, 6.45) is -13.8. The third-order valence-corrected chi connectivity index (χ3v) is 4.77. The molecule has 42 heavy (non-hydrogen) atoms. The van der Waals surface area contributed by atoms with Crippen LogP contribution in [0.15, 0.2) is 12.2 Å². The molecule has 250 valence electrons. The van der Waals surface area contributed by atoms with Gasteiger partial charge in [0.05, 0.1) is 0 Å². The van der Waals surface area contributed by atoms with Crippen molar-refractivity contribution >= 4 is 5.97 Å². The van der Waals surface area contributed by atoms with Gasteiger partial charge in [0.25, 0.3) is 0 Å². The van der Waals surface area contributed by atoms with Crippen molar-refractivity contribution in [2.45, 2.75) is 78.7 Å². The molecule has 0 heterocycles. The summed E-state index contributed by atoms with van der Waals surface area (Å²) >= 11 is 0. The van der Waals surface area contributed by atoms with E-state index in [2.05, 4.69) is 11.3 Å². The summed E-state index contributed by atoms with van der Waals surface area (Å²) in [5.41, 5.74) is -1.27. The molecule has 0 spiro atoms. The monoisotopic (exact) mass is 686 g/mol. The van der Waals surface area contributed by atoms with Crippen molar-refractivity contribution in [1.29, 1.82) is 0 Å². The molecule has 26 heteroatoms. The Morgan fingerprint density at radius 1 is 0.476 bits per heavy atom. The van der Waals surface area contributed by atoms with E-state index in [0.29, 0.717) is 6.92 Å². The van der Waals surface area contributed by atoms with Crippen LogP contribution in [0.3, 0.4) is 0 Å². The highest BCUT2D eigenvalue weighted by atomic mass is 19.4. The Balaban J connectivity index is 7.20. The summed E-state index contributed by atoms with van der Waals surface area (Å²) in [4.78, 5) is 10.8. The second kappa shape index (κ2) is 10.0. The highest BCUT2D eigenvalue weighted by Gasteiger charge is 2.99. The number of ether oxygens (including phenoxy) is 1. The molecule has 1 atom stereocenters. The Bertz CT molecular complexity index is 1040. The summed E-state index contributed by atoms with van der Waals surface area (Å²) < 4.78 is 320. The molecule has 0 aliphatic carbocycles. The molecule has 0 radical (unpaired) electrons. The van der Waals surface area contributed by atoms with Gasteiger partial charge in [-0.2, -0.15) is 105 Å².